The van der Waals surface area contributed by atoms with Crippen LogP contribution < -0.4 is 5.32 Å². The quantitative estimate of drug-likeness (QED) is 0.593. The molecule has 0 atom stereocenters. The average Bonchev–Trinajstić information content (AvgIpc) is 2.04. The Balaban J connectivity index is 0. The first-order chi connectivity index (χ1) is 5.16. The third kappa shape index (κ3) is 12.2. The van der Waals surface area contributed by atoms with Crippen molar-refractivity contribution >= 4 is 11.9 Å². The van der Waals surface area contributed by atoms with Gasteiger partial charge in [-0.05, 0) is 0 Å². The highest BCUT2D eigenvalue weighted by Crippen LogP contribution is 1.68. The Kier molecular flexibility index (Phi) is 10.2. The van der Waals surface area contributed by atoms with E-state index in [0.717, 1.165) is 0 Å². The summed E-state index contributed by atoms with van der Waals surface area (Å²) in [6.45, 7) is 5.29. The fourth-order valence-corrected chi connectivity index (χ4v) is 0.269. The van der Waals surface area contributed by atoms with Gasteiger partial charge in [0, 0.05) is 6.92 Å². The first kappa shape index (κ1) is 12.6. The van der Waals surface area contributed by atoms with Crippen LogP contribution in [0.4, 0.5) is 0 Å². The summed E-state index contributed by atoms with van der Waals surface area (Å²) < 4.78 is 4.25. The van der Waals surface area contributed by atoms with E-state index < -0.39 is 5.97 Å². The summed E-state index contributed by atoms with van der Waals surface area (Å²) in [5, 5.41) is 2.28. The first-order valence-electron chi connectivity index (χ1n) is 3.48. The molecule has 0 saturated carbocycles. The lowest BCUT2D eigenvalue weighted by molar-refractivity contribution is -0.140. The Morgan fingerprint density at radius 2 is 1.82 bits per heavy atom. The largest absolute Gasteiger partial charge is 0.468 e. The van der Waals surface area contributed by atoms with Gasteiger partial charge in [-0.1, -0.05) is 13.8 Å². The third-order valence-electron chi connectivity index (χ3n) is 0.709. The van der Waals surface area contributed by atoms with Crippen LogP contribution in [0.1, 0.15) is 20.8 Å². The van der Waals surface area contributed by atoms with Gasteiger partial charge in [0.25, 0.3) is 0 Å². The Hall–Kier alpha value is -1.06. The molecule has 1 N–H and O–H groups in total. The zero-order valence-corrected chi connectivity index (χ0v) is 7.43. The molecule has 0 aliphatic rings. The van der Waals surface area contributed by atoms with Crippen molar-refractivity contribution in [2.75, 3.05) is 13.7 Å². The monoisotopic (exact) mass is 161 g/mol. The Bertz CT molecular complexity index is 123. The number of amides is 1. The van der Waals surface area contributed by atoms with Crippen molar-refractivity contribution in [3.05, 3.63) is 0 Å². The van der Waals surface area contributed by atoms with Crippen LogP contribution in [-0.4, -0.2) is 25.5 Å². The van der Waals surface area contributed by atoms with E-state index in [1.807, 2.05) is 13.8 Å². The minimum atomic E-state index is -0.440. The highest BCUT2D eigenvalue weighted by atomic mass is 16.5. The number of carbonyl (C=O) groups is 2. The molecule has 0 aliphatic carbocycles. The third-order valence-corrected chi connectivity index (χ3v) is 0.709. The van der Waals surface area contributed by atoms with Crippen LogP contribution in [0.15, 0.2) is 0 Å². The normalized spacial score (nSPS) is 7.27. The van der Waals surface area contributed by atoms with Crippen LogP contribution in [-0.2, 0) is 14.3 Å². The second kappa shape index (κ2) is 8.94. The van der Waals surface area contributed by atoms with Crippen LogP contribution in [0.5, 0.6) is 0 Å². The number of nitrogens with one attached hydrogen (secondary N) is 1. The van der Waals surface area contributed by atoms with E-state index in [1.165, 1.54) is 14.0 Å². The van der Waals surface area contributed by atoms with Gasteiger partial charge in [0.05, 0.1) is 7.11 Å². The Morgan fingerprint density at radius 3 is 2.09 bits per heavy atom. The molecule has 0 fully saturated rings. The molecule has 0 aromatic carbocycles. The van der Waals surface area contributed by atoms with Crippen LogP contribution >= 0.6 is 0 Å². The predicted octanol–water partition coefficient (Wildman–Crippen LogP) is 0.322. The predicted molar refractivity (Wildman–Crippen MR) is 42.0 cm³/mol. The minimum Gasteiger partial charge on any atom is -0.468 e. The fraction of sp³-hybridized carbons (Fsp3) is 0.714. The van der Waals surface area contributed by atoms with E-state index >= 15 is 0 Å². The standard InChI is InChI=1S/C5H9NO3.C2H6/c1-4(7)6-3-5(8)9-2;1-2/h3H2,1-2H3,(H,6,7);1-2H3. The molecule has 66 valence electrons. The highest BCUT2D eigenvalue weighted by Gasteiger charge is 1.98. The summed E-state index contributed by atoms with van der Waals surface area (Å²) in [6, 6.07) is 0. The smallest absolute Gasteiger partial charge is 0.325 e. The number of ether oxygens (including phenoxy) is 1. The van der Waals surface area contributed by atoms with Gasteiger partial charge in [-0.25, -0.2) is 0 Å². The molecule has 11 heavy (non-hydrogen) atoms. The summed E-state index contributed by atoms with van der Waals surface area (Å²) >= 11 is 0. The molecule has 0 spiro atoms. The van der Waals surface area contributed by atoms with Crippen LogP contribution in [0.2, 0.25) is 0 Å². The second-order valence-corrected chi connectivity index (χ2v) is 1.49. The second-order valence-electron chi connectivity index (χ2n) is 1.49. The number of rotatable bonds is 2. The van der Waals surface area contributed by atoms with E-state index in [2.05, 4.69) is 10.1 Å². The lowest BCUT2D eigenvalue weighted by Gasteiger charge is -1.97. The van der Waals surface area contributed by atoms with Crippen LogP contribution in [0.25, 0.3) is 0 Å². The van der Waals surface area contributed by atoms with Crippen molar-refractivity contribution in [3.8, 4) is 0 Å². The van der Waals surface area contributed by atoms with Crippen molar-refractivity contribution in [2.45, 2.75) is 20.8 Å². The molecule has 4 nitrogen and oxygen atoms in total. The highest BCUT2D eigenvalue weighted by molar-refractivity contribution is 5.80. The molecule has 0 aromatic heterocycles. The van der Waals surface area contributed by atoms with Gasteiger partial charge < -0.3 is 10.1 Å². The van der Waals surface area contributed by atoms with E-state index in [1.54, 1.807) is 0 Å². The zero-order chi connectivity index (χ0) is 9.28. The van der Waals surface area contributed by atoms with Crippen LogP contribution in [0.3, 0.4) is 0 Å². The molecular formula is C7H15NO3. The minimum absolute atomic E-state index is 0.0498. The maximum absolute atomic E-state index is 10.3. The van der Waals surface area contributed by atoms with E-state index in [9.17, 15) is 9.59 Å². The summed E-state index contributed by atoms with van der Waals surface area (Å²) in [4.78, 5) is 20.4. The van der Waals surface area contributed by atoms with Gasteiger partial charge >= 0.3 is 5.97 Å². The summed E-state index contributed by atoms with van der Waals surface area (Å²) in [5.41, 5.74) is 0. The molecule has 0 saturated heterocycles. The topological polar surface area (TPSA) is 55.4 Å². The number of hydrogen-bond donors (Lipinski definition) is 1. The van der Waals surface area contributed by atoms with Gasteiger partial charge in [0.1, 0.15) is 6.54 Å². The maximum Gasteiger partial charge on any atom is 0.325 e. The molecule has 0 heterocycles. The van der Waals surface area contributed by atoms with Crippen molar-refractivity contribution in [1.29, 1.82) is 0 Å². The molecule has 0 bridgehead atoms. The van der Waals surface area contributed by atoms with Crippen molar-refractivity contribution in [1.82, 2.24) is 5.32 Å². The number of methoxy groups -OCH3 is 1. The summed E-state index contributed by atoms with van der Waals surface area (Å²) in [5.74, 6) is -0.675. The van der Waals surface area contributed by atoms with Gasteiger partial charge in [-0.15, -0.1) is 0 Å². The molecule has 0 aliphatic heterocycles. The summed E-state index contributed by atoms with van der Waals surface area (Å²) in [6.07, 6.45) is 0. The SMILES string of the molecule is CC.COC(=O)CNC(C)=O. The van der Waals surface area contributed by atoms with Gasteiger partial charge in [-0.2, -0.15) is 0 Å². The molecule has 0 unspecified atom stereocenters. The average molecular weight is 161 g/mol. The van der Waals surface area contributed by atoms with Crippen LogP contribution in [0, 0.1) is 0 Å². The van der Waals surface area contributed by atoms with Gasteiger partial charge in [0.15, 0.2) is 0 Å². The maximum atomic E-state index is 10.3. The Labute approximate surface area is 66.9 Å². The molecule has 0 aromatic rings. The molecule has 1 amide bonds. The molecule has 0 radical (unpaired) electrons. The van der Waals surface area contributed by atoms with Gasteiger partial charge in [0.2, 0.25) is 5.91 Å². The van der Waals surface area contributed by atoms with E-state index in [4.69, 9.17) is 0 Å². The lowest BCUT2D eigenvalue weighted by Crippen LogP contribution is -2.27. The molecule has 0 rings (SSSR count). The molecule has 4 heteroatoms. The summed E-state index contributed by atoms with van der Waals surface area (Å²) in [7, 11) is 1.27. The van der Waals surface area contributed by atoms with Crippen molar-refractivity contribution < 1.29 is 14.3 Å². The van der Waals surface area contributed by atoms with Crippen molar-refractivity contribution in [2.24, 2.45) is 0 Å². The number of hydrogen-bond acceptors (Lipinski definition) is 3. The number of carbonyl (C=O) groups excluding carboxylic acids is 2. The van der Waals surface area contributed by atoms with Gasteiger partial charge in [-0.3, -0.25) is 9.59 Å². The van der Waals surface area contributed by atoms with E-state index in [0.29, 0.717) is 0 Å². The fourth-order valence-electron chi connectivity index (χ4n) is 0.269. The number of esters is 1. The molecular weight excluding hydrogens is 146 g/mol. The first-order valence-corrected chi connectivity index (χ1v) is 3.48. The lowest BCUT2D eigenvalue weighted by atomic mass is 10.6. The van der Waals surface area contributed by atoms with E-state index in [-0.39, 0.29) is 12.5 Å². The Morgan fingerprint density at radius 1 is 1.36 bits per heavy atom. The zero-order valence-electron chi connectivity index (χ0n) is 7.43. The van der Waals surface area contributed by atoms with Crippen molar-refractivity contribution in [3.63, 3.8) is 0 Å².